The average molecular weight is 403 g/mol. The summed E-state index contributed by atoms with van der Waals surface area (Å²) < 4.78 is 19.5. The van der Waals surface area contributed by atoms with Crippen molar-refractivity contribution < 1.29 is 19.3 Å². The van der Waals surface area contributed by atoms with Gasteiger partial charge in [-0.15, -0.1) is 23.5 Å². The van der Waals surface area contributed by atoms with E-state index in [0.717, 1.165) is 24.3 Å². The van der Waals surface area contributed by atoms with Crippen LogP contribution < -0.4 is 4.74 Å². The van der Waals surface area contributed by atoms with E-state index in [0.29, 0.717) is 5.75 Å². The molecule has 4 atom stereocenters. The van der Waals surface area contributed by atoms with Crippen LogP contribution in [0.25, 0.3) is 0 Å². The van der Waals surface area contributed by atoms with E-state index in [1.165, 1.54) is 55.6 Å². The van der Waals surface area contributed by atoms with Crippen LogP contribution >= 0.6 is 23.5 Å². The Bertz CT molecular complexity index is 500. The van der Waals surface area contributed by atoms with E-state index in [2.05, 4.69) is 6.92 Å². The Morgan fingerprint density at radius 2 is 1.81 bits per heavy atom. The number of aliphatic hydroxyl groups is 2. The van der Waals surface area contributed by atoms with E-state index in [4.69, 9.17) is 9.84 Å². The summed E-state index contributed by atoms with van der Waals surface area (Å²) >= 11 is 2.81. The highest BCUT2D eigenvalue weighted by Crippen LogP contribution is 2.43. The van der Waals surface area contributed by atoms with Crippen molar-refractivity contribution in [2.45, 2.75) is 73.3 Å². The summed E-state index contributed by atoms with van der Waals surface area (Å²) in [6.45, 7) is 2.79. The molecule has 6 heteroatoms. The third kappa shape index (κ3) is 6.95. The predicted octanol–water partition coefficient (Wildman–Crippen LogP) is 4.79. The molecule has 1 aromatic carbocycles. The van der Waals surface area contributed by atoms with E-state index >= 15 is 0 Å². The zero-order valence-electron chi connectivity index (χ0n) is 15.5. The van der Waals surface area contributed by atoms with E-state index in [1.54, 1.807) is 0 Å². The lowest BCUT2D eigenvalue weighted by atomic mass is 10.1. The zero-order valence-corrected chi connectivity index (χ0v) is 17.1. The van der Waals surface area contributed by atoms with Crippen molar-refractivity contribution in [1.29, 1.82) is 0 Å². The van der Waals surface area contributed by atoms with Crippen LogP contribution in [0.2, 0.25) is 0 Å². The molecule has 0 spiro atoms. The number of thioether (sulfide) groups is 2. The van der Waals surface area contributed by atoms with Crippen LogP contribution in [-0.2, 0) is 5.75 Å². The van der Waals surface area contributed by atoms with Gasteiger partial charge in [0, 0.05) is 5.75 Å². The van der Waals surface area contributed by atoms with Gasteiger partial charge in [0.15, 0.2) is 0 Å². The SMILES string of the molecule is CCCCCCCCOc1ccc(CSC2S[C@H](CO)[C@@H](O)[C@@H]2F)cc1. The maximum atomic E-state index is 14.0. The molecule has 0 amide bonds. The second-order valence-electron chi connectivity index (χ2n) is 6.73. The number of hydrogen-bond acceptors (Lipinski definition) is 5. The Hall–Kier alpha value is -0.430. The number of alkyl halides is 1. The highest BCUT2D eigenvalue weighted by molar-refractivity contribution is 8.17. The van der Waals surface area contributed by atoms with E-state index in [-0.39, 0.29) is 11.2 Å². The third-order valence-corrected chi connectivity index (χ3v) is 7.70. The molecule has 1 aliphatic rings. The number of ether oxygens (including phenoxy) is 1. The van der Waals surface area contributed by atoms with Gasteiger partial charge in [-0.05, 0) is 24.1 Å². The van der Waals surface area contributed by atoms with E-state index in [9.17, 15) is 9.50 Å². The Morgan fingerprint density at radius 1 is 1.12 bits per heavy atom. The Balaban J connectivity index is 1.64. The summed E-state index contributed by atoms with van der Waals surface area (Å²) in [5.41, 5.74) is 1.11. The number of hydrogen-bond donors (Lipinski definition) is 2. The molecule has 0 aromatic heterocycles. The van der Waals surface area contributed by atoms with Crippen LogP contribution in [0.1, 0.15) is 51.0 Å². The minimum absolute atomic E-state index is 0.187. The molecule has 2 N–H and O–H groups in total. The molecule has 1 unspecified atom stereocenters. The predicted molar refractivity (Wildman–Crippen MR) is 110 cm³/mol. The summed E-state index contributed by atoms with van der Waals surface area (Å²) in [4.78, 5) is 0. The summed E-state index contributed by atoms with van der Waals surface area (Å²) in [7, 11) is 0. The smallest absolute Gasteiger partial charge is 0.148 e. The molecule has 0 aliphatic carbocycles. The van der Waals surface area contributed by atoms with E-state index in [1.807, 2.05) is 24.3 Å². The maximum absolute atomic E-state index is 14.0. The first-order valence-electron chi connectivity index (χ1n) is 9.57. The molecule has 0 radical (unpaired) electrons. The molecule has 1 aliphatic heterocycles. The normalized spacial score (nSPS) is 25.5. The average Bonchev–Trinajstić information content (AvgIpc) is 2.94. The van der Waals surface area contributed by atoms with Crippen molar-refractivity contribution in [3.63, 3.8) is 0 Å². The number of rotatable bonds is 12. The van der Waals surface area contributed by atoms with Gasteiger partial charge < -0.3 is 14.9 Å². The van der Waals surface area contributed by atoms with Gasteiger partial charge in [0.2, 0.25) is 0 Å². The standard InChI is InChI=1S/C20H31FO3S2/c1-2-3-4-5-6-7-12-24-16-10-8-15(9-11-16)14-25-20-18(21)19(23)17(13-22)26-20/h8-11,17-20,22-23H,2-7,12-14H2,1H3/t17-,18+,19-,20?/m1/s1. The molecule has 1 heterocycles. The maximum Gasteiger partial charge on any atom is 0.148 e. The van der Waals surface area contributed by atoms with Crippen LogP contribution in [0, 0.1) is 0 Å². The van der Waals surface area contributed by atoms with Crippen molar-refractivity contribution >= 4 is 23.5 Å². The minimum Gasteiger partial charge on any atom is -0.494 e. The first-order valence-corrected chi connectivity index (χ1v) is 11.6. The van der Waals surface area contributed by atoms with Crippen LogP contribution in [0.15, 0.2) is 24.3 Å². The number of aliphatic hydroxyl groups excluding tert-OH is 2. The molecule has 0 bridgehead atoms. The van der Waals surface area contributed by atoms with Crippen molar-refractivity contribution in [1.82, 2.24) is 0 Å². The van der Waals surface area contributed by atoms with Gasteiger partial charge in [0.1, 0.15) is 18.0 Å². The first-order chi connectivity index (χ1) is 12.7. The highest BCUT2D eigenvalue weighted by Gasteiger charge is 2.43. The quantitative estimate of drug-likeness (QED) is 0.492. The molecule has 26 heavy (non-hydrogen) atoms. The molecule has 148 valence electrons. The molecule has 3 nitrogen and oxygen atoms in total. The third-order valence-electron chi connectivity index (χ3n) is 4.56. The van der Waals surface area contributed by atoms with Gasteiger partial charge in [-0.25, -0.2) is 4.39 Å². The van der Waals surface area contributed by atoms with E-state index < -0.39 is 17.5 Å². The van der Waals surface area contributed by atoms with Gasteiger partial charge in [-0.2, -0.15) is 0 Å². The molecule has 0 saturated carbocycles. The molecule has 1 aromatic rings. The van der Waals surface area contributed by atoms with Crippen LogP contribution in [0.3, 0.4) is 0 Å². The Kier molecular flexibility index (Phi) is 10.2. The summed E-state index contributed by atoms with van der Waals surface area (Å²) in [6, 6.07) is 7.95. The van der Waals surface area contributed by atoms with Crippen molar-refractivity contribution in [3.05, 3.63) is 29.8 Å². The topological polar surface area (TPSA) is 49.7 Å². The zero-order chi connectivity index (χ0) is 18.8. The summed E-state index contributed by atoms with van der Waals surface area (Å²) in [6.07, 6.45) is 5.15. The van der Waals surface area contributed by atoms with Gasteiger partial charge in [0.05, 0.1) is 23.0 Å². The fourth-order valence-electron chi connectivity index (χ4n) is 2.91. The second-order valence-corrected chi connectivity index (χ2v) is 9.55. The molecular formula is C20H31FO3S2. The van der Waals surface area contributed by atoms with Crippen molar-refractivity contribution in [2.24, 2.45) is 0 Å². The number of benzene rings is 1. The molecular weight excluding hydrogens is 371 g/mol. The van der Waals surface area contributed by atoms with Crippen LogP contribution in [-0.4, -0.2) is 45.5 Å². The Morgan fingerprint density at radius 3 is 2.46 bits per heavy atom. The van der Waals surface area contributed by atoms with Crippen LogP contribution in [0.4, 0.5) is 4.39 Å². The molecule has 2 rings (SSSR count). The lowest BCUT2D eigenvalue weighted by Gasteiger charge is -2.13. The van der Waals surface area contributed by atoms with Gasteiger partial charge in [0.25, 0.3) is 0 Å². The van der Waals surface area contributed by atoms with Crippen molar-refractivity contribution in [2.75, 3.05) is 13.2 Å². The molecule has 1 saturated heterocycles. The fourth-order valence-corrected chi connectivity index (χ4v) is 5.80. The fraction of sp³-hybridized carbons (Fsp3) is 0.700. The van der Waals surface area contributed by atoms with Gasteiger partial charge in [-0.1, -0.05) is 51.2 Å². The highest BCUT2D eigenvalue weighted by atomic mass is 32.2. The number of halogens is 1. The van der Waals surface area contributed by atoms with Gasteiger partial charge >= 0.3 is 0 Å². The van der Waals surface area contributed by atoms with Crippen LogP contribution in [0.5, 0.6) is 5.75 Å². The Labute approximate surface area is 165 Å². The first kappa shape index (κ1) is 21.9. The summed E-state index contributed by atoms with van der Waals surface area (Å²) in [5.74, 6) is 1.56. The van der Waals surface area contributed by atoms with Crippen molar-refractivity contribution in [3.8, 4) is 5.75 Å². The molecule has 1 fully saturated rings. The largest absolute Gasteiger partial charge is 0.494 e. The summed E-state index contributed by atoms with van der Waals surface area (Å²) in [5, 5.41) is 18.5. The lowest BCUT2D eigenvalue weighted by molar-refractivity contribution is 0.0789. The number of unbranched alkanes of at least 4 members (excludes halogenated alkanes) is 5. The monoisotopic (exact) mass is 402 g/mol. The van der Waals surface area contributed by atoms with Gasteiger partial charge in [-0.3, -0.25) is 0 Å². The lowest BCUT2D eigenvalue weighted by Crippen LogP contribution is -2.29. The minimum atomic E-state index is -1.29. The second kappa shape index (κ2) is 12.1.